The zero-order valence-electron chi connectivity index (χ0n) is 11.1. The molecule has 0 amide bonds. The molecule has 0 aliphatic carbocycles. The molecule has 100 valence electrons. The Kier molecular flexibility index (Phi) is 3.92. The maximum atomic E-state index is 5.56. The summed E-state index contributed by atoms with van der Waals surface area (Å²) in [6.07, 6.45) is 0.334. The Bertz CT molecular complexity index is 526. The molecule has 4 heteroatoms. The summed E-state index contributed by atoms with van der Waals surface area (Å²) in [5, 5.41) is 3.28. The number of benzene rings is 1. The van der Waals surface area contributed by atoms with Crippen LogP contribution in [-0.2, 0) is 11.3 Å². The van der Waals surface area contributed by atoms with Gasteiger partial charge in [-0.05, 0) is 6.92 Å². The Hall–Kier alpha value is -1.23. The summed E-state index contributed by atoms with van der Waals surface area (Å²) in [5.41, 5.74) is 2.37. The van der Waals surface area contributed by atoms with Crippen LogP contribution in [0.5, 0.6) is 0 Å². The van der Waals surface area contributed by atoms with Crippen molar-refractivity contribution < 1.29 is 4.74 Å². The molecule has 0 radical (unpaired) electrons. The first-order valence-electron chi connectivity index (χ1n) is 6.65. The SMILES string of the molecule is CC1CN(Cc2csc(-c3ccccc3)n2)CCO1. The second-order valence-electron chi connectivity index (χ2n) is 4.93. The molecule has 2 heterocycles. The zero-order valence-corrected chi connectivity index (χ0v) is 11.9. The Labute approximate surface area is 117 Å². The highest BCUT2D eigenvalue weighted by atomic mass is 32.1. The van der Waals surface area contributed by atoms with Gasteiger partial charge in [-0.3, -0.25) is 4.90 Å². The second kappa shape index (κ2) is 5.82. The van der Waals surface area contributed by atoms with Crippen LogP contribution in [0.3, 0.4) is 0 Å². The van der Waals surface area contributed by atoms with Crippen molar-refractivity contribution >= 4 is 11.3 Å². The first kappa shape index (κ1) is 12.8. The van der Waals surface area contributed by atoms with E-state index in [2.05, 4.69) is 41.5 Å². The Morgan fingerprint density at radius 2 is 2.21 bits per heavy atom. The summed E-state index contributed by atoms with van der Waals surface area (Å²) in [6.45, 7) is 5.89. The number of ether oxygens (including phenoxy) is 1. The van der Waals surface area contributed by atoms with Crippen LogP contribution in [0.15, 0.2) is 35.7 Å². The molecule has 1 fully saturated rings. The van der Waals surface area contributed by atoms with Crippen molar-refractivity contribution in [2.24, 2.45) is 0 Å². The average molecular weight is 274 g/mol. The standard InChI is InChI=1S/C15H18N2OS/c1-12-9-17(7-8-18-12)10-14-11-19-15(16-14)13-5-3-2-4-6-13/h2-6,11-12H,7-10H2,1H3. The molecule has 2 aromatic rings. The maximum Gasteiger partial charge on any atom is 0.123 e. The van der Waals surface area contributed by atoms with Gasteiger partial charge in [-0.1, -0.05) is 30.3 Å². The van der Waals surface area contributed by atoms with Crippen molar-refractivity contribution in [1.82, 2.24) is 9.88 Å². The highest BCUT2D eigenvalue weighted by molar-refractivity contribution is 7.13. The predicted molar refractivity (Wildman–Crippen MR) is 78.2 cm³/mol. The first-order chi connectivity index (χ1) is 9.31. The van der Waals surface area contributed by atoms with E-state index in [-0.39, 0.29) is 0 Å². The van der Waals surface area contributed by atoms with Gasteiger partial charge < -0.3 is 4.74 Å². The predicted octanol–water partition coefficient (Wildman–Crippen LogP) is 3.03. The van der Waals surface area contributed by atoms with Gasteiger partial charge in [0.05, 0.1) is 18.4 Å². The van der Waals surface area contributed by atoms with E-state index < -0.39 is 0 Å². The van der Waals surface area contributed by atoms with Gasteiger partial charge in [0, 0.05) is 30.6 Å². The highest BCUT2D eigenvalue weighted by Gasteiger charge is 2.17. The number of rotatable bonds is 3. The summed E-state index contributed by atoms with van der Waals surface area (Å²) < 4.78 is 5.56. The molecular formula is C15H18N2OS. The van der Waals surface area contributed by atoms with E-state index in [1.165, 1.54) is 5.56 Å². The van der Waals surface area contributed by atoms with Gasteiger partial charge in [0.25, 0.3) is 0 Å². The fourth-order valence-electron chi connectivity index (χ4n) is 2.36. The summed E-state index contributed by atoms with van der Waals surface area (Å²) in [5.74, 6) is 0. The van der Waals surface area contributed by atoms with E-state index in [9.17, 15) is 0 Å². The molecule has 1 aromatic carbocycles. The maximum absolute atomic E-state index is 5.56. The third kappa shape index (κ3) is 3.21. The molecule has 1 aliphatic heterocycles. The molecule has 0 bridgehead atoms. The minimum atomic E-state index is 0.334. The Morgan fingerprint density at radius 1 is 1.37 bits per heavy atom. The zero-order chi connectivity index (χ0) is 13.1. The van der Waals surface area contributed by atoms with Gasteiger partial charge in [-0.25, -0.2) is 4.98 Å². The van der Waals surface area contributed by atoms with E-state index in [0.29, 0.717) is 6.10 Å². The monoisotopic (exact) mass is 274 g/mol. The average Bonchev–Trinajstić information content (AvgIpc) is 2.88. The summed E-state index contributed by atoms with van der Waals surface area (Å²) in [7, 11) is 0. The van der Waals surface area contributed by atoms with Crippen molar-refractivity contribution in [2.75, 3.05) is 19.7 Å². The molecule has 3 rings (SSSR count). The number of nitrogens with zero attached hydrogens (tertiary/aromatic N) is 2. The van der Waals surface area contributed by atoms with Crippen molar-refractivity contribution in [3.63, 3.8) is 0 Å². The lowest BCUT2D eigenvalue weighted by Crippen LogP contribution is -2.40. The Morgan fingerprint density at radius 3 is 3.00 bits per heavy atom. The number of aromatic nitrogens is 1. The molecule has 19 heavy (non-hydrogen) atoms. The Balaban J connectivity index is 1.68. The molecule has 1 saturated heterocycles. The van der Waals surface area contributed by atoms with Crippen LogP contribution in [0.25, 0.3) is 10.6 Å². The molecule has 0 spiro atoms. The van der Waals surface area contributed by atoms with E-state index in [4.69, 9.17) is 9.72 Å². The molecular weight excluding hydrogens is 256 g/mol. The molecule has 1 atom stereocenters. The van der Waals surface area contributed by atoms with Gasteiger partial charge >= 0.3 is 0 Å². The minimum Gasteiger partial charge on any atom is -0.376 e. The van der Waals surface area contributed by atoms with E-state index in [1.54, 1.807) is 11.3 Å². The van der Waals surface area contributed by atoms with Crippen molar-refractivity contribution in [2.45, 2.75) is 19.6 Å². The molecule has 0 N–H and O–H groups in total. The minimum absolute atomic E-state index is 0.334. The lowest BCUT2D eigenvalue weighted by Gasteiger charge is -2.30. The number of thiazole rings is 1. The van der Waals surface area contributed by atoms with Gasteiger partial charge in [0.1, 0.15) is 5.01 Å². The van der Waals surface area contributed by atoms with Crippen LogP contribution in [0.1, 0.15) is 12.6 Å². The summed E-state index contributed by atoms with van der Waals surface area (Å²) in [6, 6.07) is 10.4. The summed E-state index contributed by atoms with van der Waals surface area (Å²) >= 11 is 1.72. The lowest BCUT2D eigenvalue weighted by molar-refractivity contribution is -0.0215. The van der Waals surface area contributed by atoms with Gasteiger partial charge in [-0.15, -0.1) is 11.3 Å². The van der Waals surface area contributed by atoms with Crippen LogP contribution in [0.2, 0.25) is 0 Å². The number of hydrogen-bond donors (Lipinski definition) is 0. The van der Waals surface area contributed by atoms with Crippen molar-refractivity contribution in [3.8, 4) is 10.6 Å². The third-order valence-electron chi connectivity index (χ3n) is 3.28. The fraction of sp³-hybridized carbons (Fsp3) is 0.400. The molecule has 3 nitrogen and oxygen atoms in total. The van der Waals surface area contributed by atoms with Gasteiger partial charge in [0.2, 0.25) is 0 Å². The van der Waals surface area contributed by atoms with Crippen LogP contribution < -0.4 is 0 Å². The van der Waals surface area contributed by atoms with Crippen LogP contribution in [-0.4, -0.2) is 35.7 Å². The van der Waals surface area contributed by atoms with E-state index >= 15 is 0 Å². The highest BCUT2D eigenvalue weighted by Crippen LogP contribution is 2.24. The largest absolute Gasteiger partial charge is 0.376 e. The topological polar surface area (TPSA) is 25.4 Å². The lowest BCUT2D eigenvalue weighted by atomic mass is 10.2. The van der Waals surface area contributed by atoms with Crippen molar-refractivity contribution in [3.05, 3.63) is 41.4 Å². The smallest absolute Gasteiger partial charge is 0.123 e. The normalized spacial score (nSPS) is 20.6. The fourth-order valence-corrected chi connectivity index (χ4v) is 3.17. The third-order valence-corrected chi connectivity index (χ3v) is 4.22. The van der Waals surface area contributed by atoms with Crippen LogP contribution in [0.4, 0.5) is 0 Å². The number of hydrogen-bond acceptors (Lipinski definition) is 4. The first-order valence-corrected chi connectivity index (χ1v) is 7.53. The molecule has 1 aliphatic rings. The van der Waals surface area contributed by atoms with Gasteiger partial charge in [0.15, 0.2) is 0 Å². The van der Waals surface area contributed by atoms with Crippen molar-refractivity contribution in [1.29, 1.82) is 0 Å². The molecule has 0 saturated carbocycles. The summed E-state index contributed by atoms with van der Waals surface area (Å²) in [4.78, 5) is 7.15. The quantitative estimate of drug-likeness (QED) is 0.860. The van der Waals surface area contributed by atoms with E-state index in [1.807, 2.05) is 6.07 Å². The van der Waals surface area contributed by atoms with E-state index in [0.717, 1.165) is 36.9 Å². The number of morpholine rings is 1. The molecule has 1 aromatic heterocycles. The molecule has 1 unspecified atom stereocenters. The van der Waals surface area contributed by atoms with Gasteiger partial charge in [-0.2, -0.15) is 0 Å². The van der Waals surface area contributed by atoms with Crippen LogP contribution >= 0.6 is 11.3 Å². The van der Waals surface area contributed by atoms with Crippen LogP contribution in [0, 0.1) is 0 Å². The second-order valence-corrected chi connectivity index (χ2v) is 5.78.